The van der Waals surface area contributed by atoms with Crippen molar-refractivity contribution in [1.29, 1.82) is 0 Å². The van der Waals surface area contributed by atoms with Gasteiger partial charge in [0, 0.05) is 30.4 Å². The van der Waals surface area contributed by atoms with E-state index in [1.54, 1.807) is 18.3 Å². The number of nitrogens with zero attached hydrogens (tertiary/aromatic N) is 2. The number of aromatic nitrogens is 1. The Morgan fingerprint density at radius 2 is 1.69 bits per heavy atom. The number of hydrogen-bond acceptors (Lipinski definition) is 3. The molecule has 0 spiro atoms. The predicted molar refractivity (Wildman–Crippen MR) is 121 cm³/mol. The normalized spacial score (nSPS) is 12.7. The fourth-order valence-corrected chi connectivity index (χ4v) is 4.06. The van der Waals surface area contributed by atoms with Crippen molar-refractivity contribution in [2.75, 3.05) is 0 Å². The zero-order valence-corrected chi connectivity index (χ0v) is 17.6. The molecule has 5 rings (SSSR count). The molecule has 1 amide bonds. The van der Waals surface area contributed by atoms with E-state index in [0.717, 1.165) is 33.5 Å². The monoisotopic (exact) mass is 424 g/mol. The number of aryl methyl sites for hydroxylation is 1. The summed E-state index contributed by atoms with van der Waals surface area (Å²) in [6.07, 6.45) is 1.78. The van der Waals surface area contributed by atoms with Crippen molar-refractivity contribution in [1.82, 2.24) is 9.88 Å². The van der Waals surface area contributed by atoms with Crippen LogP contribution in [0, 0.1) is 12.7 Å². The Balaban J connectivity index is 1.31. The van der Waals surface area contributed by atoms with E-state index in [2.05, 4.69) is 11.1 Å². The van der Waals surface area contributed by atoms with Crippen LogP contribution >= 0.6 is 0 Å². The summed E-state index contributed by atoms with van der Waals surface area (Å²) in [6.45, 7) is 3.07. The highest BCUT2D eigenvalue weighted by Crippen LogP contribution is 2.32. The predicted octanol–water partition coefficient (Wildman–Crippen LogP) is 6.14. The highest BCUT2D eigenvalue weighted by molar-refractivity contribution is 6.00. The largest absolute Gasteiger partial charge is 0.457 e. The standard InChI is InChI=1S/C27H21FN2O2/c1-18-14-20(25-4-2-3-13-29-25)15-21-17-30(27(31)26(18)21)16-19-5-9-23(10-6-19)32-24-11-7-22(28)8-12-24/h2-15H,16-17H2,1H3. The summed E-state index contributed by atoms with van der Waals surface area (Å²) in [4.78, 5) is 19.4. The lowest BCUT2D eigenvalue weighted by molar-refractivity contribution is 0.0766. The second kappa shape index (κ2) is 8.27. The fourth-order valence-electron chi connectivity index (χ4n) is 4.06. The van der Waals surface area contributed by atoms with Crippen LogP contribution in [0.2, 0.25) is 0 Å². The molecule has 1 aliphatic rings. The number of carbonyl (C=O) groups excluding carboxylic acids is 1. The number of amides is 1. The molecule has 158 valence electrons. The number of hydrogen-bond donors (Lipinski definition) is 0. The smallest absolute Gasteiger partial charge is 0.255 e. The van der Waals surface area contributed by atoms with Crippen molar-refractivity contribution in [2.24, 2.45) is 0 Å². The van der Waals surface area contributed by atoms with Gasteiger partial charge in [0.15, 0.2) is 0 Å². The van der Waals surface area contributed by atoms with Gasteiger partial charge in [0.05, 0.1) is 5.69 Å². The molecule has 4 nitrogen and oxygen atoms in total. The average molecular weight is 424 g/mol. The van der Waals surface area contributed by atoms with Crippen molar-refractivity contribution < 1.29 is 13.9 Å². The first-order valence-corrected chi connectivity index (χ1v) is 10.4. The van der Waals surface area contributed by atoms with Crippen LogP contribution in [-0.2, 0) is 13.1 Å². The van der Waals surface area contributed by atoms with E-state index in [4.69, 9.17) is 4.74 Å². The first kappa shape index (κ1) is 19.9. The van der Waals surface area contributed by atoms with Gasteiger partial charge in [0.25, 0.3) is 5.91 Å². The van der Waals surface area contributed by atoms with Gasteiger partial charge >= 0.3 is 0 Å². The van der Waals surface area contributed by atoms with Gasteiger partial charge in [0.2, 0.25) is 0 Å². The molecule has 4 aromatic rings. The van der Waals surface area contributed by atoms with Crippen molar-refractivity contribution in [3.05, 3.63) is 113 Å². The maximum absolute atomic E-state index is 13.1. The van der Waals surface area contributed by atoms with Gasteiger partial charge in [-0.2, -0.15) is 0 Å². The SMILES string of the molecule is Cc1cc(-c2ccccn2)cc2c1C(=O)N(Cc1ccc(Oc3ccc(F)cc3)cc1)C2. The van der Waals surface area contributed by atoms with Crippen LogP contribution in [0.1, 0.15) is 27.0 Å². The minimum Gasteiger partial charge on any atom is -0.457 e. The van der Waals surface area contributed by atoms with Gasteiger partial charge in [-0.15, -0.1) is 0 Å². The van der Waals surface area contributed by atoms with Gasteiger partial charge in [-0.3, -0.25) is 9.78 Å². The zero-order valence-electron chi connectivity index (χ0n) is 17.6. The highest BCUT2D eigenvalue weighted by atomic mass is 19.1. The summed E-state index contributed by atoms with van der Waals surface area (Å²) in [5.74, 6) is 0.985. The number of carbonyl (C=O) groups is 1. The number of ether oxygens (including phenoxy) is 1. The topological polar surface area (TPSA) is 42.4 Å². The molecule has 0 radical (unpaired) electrons. The molecule has 0 fully saturated rings. The molecule has 0 bridgehead atoms. The third-order valence-electron chi connectivity index (χ3n) is 5.59. The highest BCUT2D eigenvalue weighted by Gasteiger charge is 2.29. The third kappa shape index (κ3) is 3.97. The maximum Gasteiger partial charge on any atom is 0.255 e. The maximum atomic E-state index is 13.1. The van der Waals surface area contributed by atoms with E-state index < -0.39 is 0 Å². The van der Waals surface area contributed by atoms with E-state index in [1.165, 1.54) is 12.1 Å². The van der Waals surface area contributed by atoms with Crippen LogP contribution in [0.4, 0.5) is 4.39 Å². The minimum atomic E-state index is -0.300. The van der Waals surface area contributed by atoms with Crippen LogP contribution in [0.15, 0.2) is 85.1 Å². The molecular formula is C27H21FN2O2. The van der Waals surface area contributed by atoms with Gasteiger partial charge in [-0.05, 0) is 84.3 Å². The van der Waals surface area contributed by atoms with Gasteiger partial charge in [-0.25, -0.2) is 4.39 Å². The fraction of sp³-hybridized carbons (Fsp3) is 0.111. The van der Waals surface area contributed by atoms with Gasteiger partial charge < -0.3 is 9.64 Å². The molecule has 0 unspecified atom stereocenters. The Bertz CT molecular complexity index is 1270. The number of fused-ring (bicyclic) bond motifs is 1. The summed E-state index contributed by atoms with van der Waals surface area (Å²) in [5.41, 5.74) is 5.74. The van der Waals surface area contributed by atoms with Gasteiger partial charge in [-0.1, -0.05) is 18.2 Å². The van der Waals surface area contributed by atoms with Crippen molar-refractivity contribution in [2.45, 2.75) is 20.0 Å². The van der Waals surface area contributed by atoms with E-state index >= 15 is 0 Å². The van der Waals surface area contributed by atoms with E-state index in [0.29, 0.717) is 24.6 Å². The summed E-state index contributed by atoms with van der Waals surface area (Å²) in [5, 5.41) is 0. The average Bonchev–Trinajstić information content (AvgIpc) is 3.12. The number of rotatable bonds is 5. The molecule has 1 aromatic heterocycles. The Hall–Kier alpha value is -3.99. The molecule has 0 saturated carbocycles. The molecule has 5 heteroatoms. The molecule has 0 N–H and O–H groups in total. The molecule has 2 heterocycles. The van der Waals surface area contributed by atoms with E-state index in [1.807, 2.05) is 60.4 Å². The quantitative estimate of drug-likeness (QED) is 0.386. The van der Waals surface area contributed by atoms with E-state index in [-0.39, 0.29) is 11.7 Å². The summed E-state index contributed by atoms with van der Waals surface area (Å²) >= 11 is 0. The Morgan fingerprint density at radius 1 is 0.969 bits per heavy atom. The number of halogens is 1. The lowest BCUT2D eigenvalue weighted by Gasteiger charge is -2.16. The Kier molecular flexibility index (Phi) is 5.15. The molecule has 0 atom stereocenters. The first-order valence-electron chi connectivity index (χ1n) is 10.4. The summed E-state index contributed by atoms with van der Waals surface area (Å²) in [6, 6.07) is 23.4. The van der Waals surface area contributed by atoms with Crippen molar-refractivity contribution in [3.8, 4) is 22.8 Å². The van der Waals surface area contributed by atoms with E-state index in [9.17, 15) is 9.18 Å². The van der Waals surface area contributed by atoms with Crippen LogP contribution in [-0.4, -0.2) is 15.8 Å². The molecular weight excluding hydrogens is 403 g/mol. The van der Waals surface area contributed by atoms with Crippen LogP contribution in [0.3, 0.4) is 0 Å². The zero-order chi connectivity index (χ0) is 22.1. The summed E-state index contributed by atoms with van der Waals surface area (Å²) in [7, 11) is 0. The first-order chi connectivity index (χ1) is 15.6. The summed E-state index contributed by atoms with van der Waals surface area (Å²) < 4.78 is 18.8. The lowest BCUT2D eigenvalue weighted by Crippen LogP contribution is -2.23. The third-order valence-corrected chi connectivity index (χ3v) is 5.59. The molecule has 3 aromatic carbocycles. The Morgan fingerprint density at radius 3 is 2.38 bits per heavy atom. The minimum absolute atomic E-state index is 0.0525. The van der Waals surface area contributed by atoms with Crippen molar-refractivity contribution in [3.63, 3.8) is 0 Å². The van der Waals surface area contributed by atoms with Crippen LogP contribution in [0.5, 0.6) is 11.5 Å². The Labute approximate surface area is 185 Å². The van der Waals surface area contributed by atoms with Gasteiger partial charge in [0.1, 0.15) is 17.3 Å². The van der Waals surface area contributed by atoms with Crippen LogP contribution < -0.4 is 4.74 Å². The number of pyridine rings is 1. The lowest BCUT2D eigenvalue weighted by atomic mass is 9.98. The van der Waals surface area contributed by atoms with Crippen LogP contribution in [0.25, 0.3) is 11.3 Å². The molecule has 32 heavy (non-hydrogen) atoms. The molecule has 1 aliphatic heterocycles. The number of benzene rings is 3. The molecule has 0 aliphatic carbocycles. The second-order valence-corrected chi connectivity index (χ2v) is 7.90. The van der Waals surface area contributed by atoms with Crippen molar-refractivity contribution >= 4 is 5.91 Å². The second-order valence-electron chi connectivity index (χ2n) is 7.90. The molecule has 0 saturated heterocycles.